The zero-order chi connectivity index (χ0) is 19.4. The Kier molecular flexibility index (Phi) is 4.92. The van der Waals surface area contributed by atoms with Crippen LogP contribution in [0.5, 0.6) is 0 Å². The summed E-state index contributed by atoms with van der Waals surface area (Å²) in [5.41, 5.74) is 4.91. The number of aromatic nitrogens is 3. The molecule has 0 aliphatic rings. The van der Waals surface area contributed by atoms with E-state index in [4.69, 9.17) is 10.2 Å². The van der Waals surface area contributed by atoms with E-state index in [0.717, 1.165) is 12.1 Å². The van der Waals surface area contributed by atoms with Crippen molar-refractivity contribution in [3.8, 4) is 11.5 Å². The molecule has 27 heavy (non-hydrogen) atoms. The minimum absolute atomic E-state index is 0.0214. The Balaban J connectivity index is 1.81. The number of pyridine rings is 1. The summed E-state index contributed by atoms with van der Waals surface area (Å²) >= 11 is 0. The number of rotatable bonds is 5. The molecule has 8 nitrogen and oxygen atoms in total. The maximum atomic E-state index is 12.6. The lowest BCUT2D eigenvalue weighted by Crippen LogP contribution is -2.12. The molecule has 3 rings (SSSR count). The first-order chi connectivity index (χ1) is 12.8. The molecule has 0 aliphatic carbocycles. The van der Waals surface area contributed by atoms with Gasteiger partial charge in [0.25, 0.3) is 11.8 Å². The number of carbonyl (C=O) groups excluding carboxylic acids is 1. The van der Waals surface area contributed by atoms with Crippen LogP contribution in [0.1, 0.15) is 11.5 Å². The van der Waals surface area contributed by atoms with E-state index in [1.54, 1.807) is 12.1 Å². The topological polar surface area (TPSA) is 116 Å². The van der Waals surface area contributed by atoms with Gasteiger partial charge in [0.1, 0.15) is 5.82 Å². The van der Waals surface area contributed by atoms with E-state index in [1.807, 2.05) is 0 Å². The molecule has 0 bridgehead atoms. The van der Waals surface area contributed by atoms with Gasteiger partial charge in [0.2, 0.25) is 0 Å². The van der Waals surface area contributed by atoms with Crippen molar-refractivity contribution in [2.24, 2.45) is 5.73 Å². The third-order valence-electron chi connectivity index (χ3n) is 3.32. The van der Waals surface area contributed by atoms with E-state index in [2.05, 4.69) is 25.2 Å². The lowest BCUT2D eigenvalue weighted by Gasteiger charge is -2.10. The fourth-order valence-corrected chi connectivity index (χ4v) is 2.11. The molecule has 2 heterocycles. The molecule has 140 valence electrons. The Hall–Kier alpha value is -3.63. The van der Waals surface area contributed by atoms with Crippen LogP contribution in [0.25, 0.3) is 11.5 Å². The highest BCUT2D eigenvalue weighted by molar-refractivity contribution is 5.73. The number of hydrogen-bond acceptors (Lipinski definition) is 7. The molecule has 0 atom stereocenters. The van der Waals surface area contributed by atoms with Crippen molar-refractivity contribution in [2.45, 2.75) is 12.8 Å². The summed E-state index contributed by atoms with van der Waals surface area (Å²) in [6, 6.07) is 7.72. The summed E-state index contributed by atoms with van der Waals surface area (Å²) in [7, 11) is 0. The molecule has 0 unspecified atom stereocenters. The second-order valence-corrected chi connectivity index (χ2v) is 5.21. The van der Waals surface area contributed by atoms with Crippen LogP contribution in [-0.4, -0.2) is 21.3 Å². The Morgan fingerprint density at radius 3 is 2.59 bits per heavy atom. The smallest absolute Gasteiger partial charge is 0.416 e. The van der Waals surface area contributed by atoms with Gasteiger partial charge in [-0.3, -0.25) is 0 Å². The number of nitrogens with zero attached hydrogens (tertiary/aromatic N) is 3. The summed E-state index contributed by atoms with van der Waals surface area (Å²) in [6.07, 6.45) is -3.91. The van der Waals surface area contributed by atoms with Crippen molar-refractivity contribution in [3.05, 3.63) is 54.0 Å². The highest BCUT2D eigenvalue weighted by Gasteiger charge is 2.30. The molecule has 1 aromatic carbocycles. The average molecular weight is 379 g/mol. The largest absolute Gasteiger partial charge is 0.440 e. The first-order valence-corrected chi connectivity index (χ1v) is 7.47. The second kappa shape index (κ2) is 7.32. The van der Waals surface area contributed by atoms with Crippen molar-refractivity contribution < 1.29 is 27.1 Å². The molecule has 3 N–H and O–H groups in total. The highest BCUT2D eigenvalue weighted by atomic mass is 19.4. The molecule has 1 amide bonds. The molecule has 0 spiro atoms. The standard InChI is InChI=1S/C16H12F3N5O3/c17-16(18,19)9-3-5-10(6-4-9)22-13-11(2-1-7-21-13)14-24-23-12(27-14)8-26-15(20)25/h1-7H,8H2,(H2,20,25)(H,21,22). The maximum Gasteiger partial charge on any atom is 0.416 e. The van der Waals surface area contributed by atoms with Crippen LogP contribution >= 0.6 is 0 Å². The third kappa shape index (κ3) is 4.51. The summed E-state index contributed by atoms with van der Waals surface area (Å²) in [5.74, 6) is 0.400. The zero-order valence-corrected chi connectivity index (χ0v) is 13.5. The van der Waals surface area contributed by atoms with Crippen molar-refractivity contribution in [3.63, 3.8) is 0 Å². The van der Waals surface area contributed by atoms with Crippen LogP contribution in [0.3, 0.4) is 0 Å². The van der Waals surface area contributed by atoms with Gasteiger partial charge in [-0.05, 0) is 36.4 Å². The number of ether oxygens (including phenoxy) is 1. The minimum atomic E-state index is -4.41. The van der Waals surface area contributed by atoms with Gasteiger partial charge in [0.05, 0.1) is 11.1 Å². The molecular formula is C16H12F3N5O3. The molecule has 0 radical (unpaired) electrons. The predicted molar refractivity (Wildman–Crippen MR) is 86.6 cm³/mol. The quantitative estimate of drug-likeness (QED) is 0.697. The Morgan fingerprint density at radius 1 is 1.19 bits per heavy atom. The highest BCUT2D eigenvalue weighted by Crippen LogP contribution is 2.31. The number of nitrogens with two attached hydrogens (primary N) is 1. The van der Waals surface area contributed by atoms with Gasteiger partial charge in [-0.1, -0.05) is 0 Å². The summed E-state index contributed by atoms with van der Waals surface area (Å²) in [6.45, 7) is -0.287. The fraction of sp³-hybridized carbons (Fsp3) is 0.125. The van der Waals surface area contributed by atoms with E-state index in [9.17, 15) is 18.0 Å². The van der Waals surface area contributed by atoms with Gasteiger partial charge < -0.3 is 20.2 Å². The Morgan fingerprint density at radius 2 is 1.93 bits per heavy atom. The van der Waals surface area contributed by atoms with Crippen LogP contribution in [0.15, 0.2) is 47.0 Å². The molecule has 0 saturated carbocycles. The number of amides is 1. The van der Waals surface area contributed by atoms with Crippen molar-refractivity contribution in [1.29, 1.82) is 0 Å². The number of nitrogens with one attached hydrogen (secondary N) is 1. The van der Waals surface area contributed by atoms with Crippen molar-refractivity contribution in [1.82, 2.24) is 15.2 Å². The molecule has 0 aliphatic heterocycles. The summed E-state index contributed by atoms with van der Waals surface area (Å²) in [5, 5.41) is 10.5. The normalized spacial score (nSPS) is 11.2. The van der Waals surface area contributed by atoms with Crippen LogP contribution in [0, 0.1) is 0 Å². The number of halogens is 3. The SMILES string of the molecule is NC(=O)OCc1nnc(-c2cccnc2Nc2ccc(C(F)(F)F)cc2)o1. The van der Waals surface area contributed by atoms with Gasteiger partial charge in [-0.25, -0.2) is 9.78 Å². The van der Waals surface area contributed by atoms with Gasteiger partial charge in [0.15, 0.2) is 6.61 Å². The molecular weight excluding hydrogens is 367 g/mol. The summed E-state index contributed by atoms with van der Waals surface area (Å²) in [4.78, 5) is 14.8. The van der Waals surface area contributed by atoms with Gasteiger partial charge in [-0.15, -0.1) is 10.2 Å². The number of benzene rings is 1. The van der Waals surface area contributed by atoms with E-state index >= 15 is 0 Å². The number of alkyl halides is 3. The molecule has 2 aromatic heterocycles. The number of hydrogen-bond donors (Lipinski definition) is 2. The first kappa shape index (κ1) is 18.2. The van der Waals surface area contributed by atoms with Crippen molar-refractivity contribution >= 4 is 17.6 Å². The number of carbonyl (C=O) groups is 1. The lowest BCUT2D eigenvalue weighted by atomic mass is 10.2. The number of primary amides is 1. The zero-order valence-electron chi connectivity index (χ0n) is 13.5. The van der Waals surface area contributed by atoms with Crippen LogP contribution < -0.4 is 11.1 Å². The van der Waals surface area contributed by atoms with Crippen LogP contribution in [0.4, 0.5) is 29.5 Å². The van der Waals surface area contributed by atoms with Gasteiger partial charge >= 0.3 is 12.3 Å². The van der Waals surface area contributed by atoms with E-state index in [-0.39, 0.29) is 18.4 Å². The Bertz CT molecular complexity index is 941. The molecule has 0 fully saturated rings. The molecule has 11 heteroatoms. The van der Waals surface area contributed by atoms with Crippen LogP contribution in [-0.2, 0) is 17.5 Å². The van der Waals surface area contributed by atoms with E-state index < -0.39 is 17.8 Å². The van der Waals surface area contributed by atoms with Crippen molar-refractivity contribution in [2.75, 3.05) is 5.32 Å². The molecule has 0 saturated heterocycles. The van der Waals surface area contributed by atoms with E-state index in [1.165, 1.54) is 18.3 Å². The maximum absolute atomic E-state index is 12.6. The molecule has 3 aromatic rings. The first-order valence-electron chi connectivity index (χ1n) is 7.47. The monoisotopic (exact) mass is 379 g/mol. The lowest BCUT2D eigenvalue weighted by molar-refractivity contribution is -0.137. The fourth-order valence-electron chi connectivity index (χ4n) is 2.11. The number of anilines is 2. The van der Waals surface area contributed by atoms with E-state index in [0.29, 0.717) is 17.1 Å². The van der Waals surface area contributed by atoms with Gasteiger partial charge in [-0.2, -0.15) is 13.2 Å². The third-order valence-corrected chi connectivity index (χ3v) is 3.32. The minimum Gasteiger partial charge on any atom is -0.440 e. The summed E-state index contributed by atoms with van der Waals surface area (Å²) < 4.78 is 47.9. The van der Waals surface area contributed by atoms with Crippen LogP contribution in [0.2, 0.25) is 0 Å². The predicted octanol–water partition coefficient (Wildman–Crippen LogP) is 3.49. The average Bonchev–Trinajstić information content (AvgIpc) is 3.09. The van der Waals surface area contributed by atoms with Gasteiger partial charge in [0, 0.05) is 11.9 Å². The Labute approximate surface area is 150 Å². The second-order valence-electron chi connectivity index (χ2n) is 5.21.